The molecule has 0 saturated carbocycles. The largest absolute Gasteiger partial charge is 0.205 e. The molecule has 0 amide bonds. The van der Waals surface area contributed by atoms with Crippen LogP contribution in [0.1, 0.15) is 30.7 Å². The van der Waals surface area contributed by atoms with Crippen molar-refractivity contribution in [1.82, 2.24) is 0 Å². The van der Waals surface area contributed by atoms with Crippen molar-refractivity contribution in [3.63, 3.8) is 0 Å². The Balaban J connectivity index is 2.15. The number of pyridine rings is 1. The summed E-state index contributed by atoms with van der Waals surface area (Å²) in [6.45, 7) is 0. The fourth-order valence-electron chi connectivity index (χ4n) is 1.82. The van der Waals surface area contributed by atoms with Gasteiger partial charge in [0, 0.05) is 12.1 Å². The molecule has 0 aromatic carbocycles. The molecule has 0 fully saturated rings. The van der Waals surface area contributed by atoms with Crippen LogP contribution in [0.25, 0.3) is 0 Å². The van der Waals surface area contributed by atoms with E-state index in [2.05, 4.69) is 24.3 Å². The van der Waals surface area contributed by atoms with Crippen molar-refractivity contribution in [2.24, 2.45) is 0 Å². The number of nitrogens with zero attached hydrogens (tertiary/aromatic N) is 1. The molecule has 2 heteroatoms. The predicted molar refractivity (Wildman–Crippen MR) is 52.5 cm³/mol. The first kappa shape index (κ1) is 8.30. The summed E-state index contributed by atoms with van der Waals surface area (Å²) in [6, 6.07) is 4.23. The minimum absolute atomic E-state index is 0.700. The first-order valence-electron chi connectivity index (χ1n) is 4.77. The van der Waals surface area contributed by atoms with Gasteiger partial charge >= 0.3 is 0 Å². The topological polar surface area (TPSA) is 29.9 Å². The van der Waals surface area contributed by atoms with Crippen LogP contribution < -0.4 is 10.5 Å². The van der Waals surface area contributed by atoms with Crippen LogP contribution in [-0.2, 0) is 0 Å². The summed E-state index contributed by atoms with van der Waals surface area (Å²) in [6.07, 6.45) is 12.0. The smallest absolute Gasteiger partial charge is 0.199 e. The van der Waals surface area contributed by atoms with Crippen LogP contribution in [0, 0.1) is 0 Å². The van der Waals surface area contributed by atoms with Gasteiger partial charge in [-0.3, -0.25) is 0 Å². The average Bonchev–Trinajstić information content (AvgIpc) is 2.20. The van der Waals surface area contributed by atoms with E-state index >= 15 is 0 Å². The molecule has 1 unspecified atom stereocenters. The maximum absolute atomic E-state index is 5.56. The van der Waals surface area contributed by atoms with Crippen LogP contribution in [0.3, 0.4) is 0 Å². The van der Waals surface area contributed by atoms with Crippen LogP contribution in [0.4, 0.5) is 0 Å². The summed E-state index contributed by atoms with van der Waals surface area (Å²) < 4.78 is 1.59. The van der Waals surface area contributed by atoms with Gasteiger partial charge in [0.2, 0.25) is 0 Å². The lowest BCUT2D eigenvalue weighted by molar-refractivity contribution is -0.639. The summed E-state index contributed by atoms with van der Waals surface area (Å²) in [4.78, 5) is 0. The Bertz CT molecular complexity index is 300. The van der Waals surface area contributed by atoms with Gasteiger partial charge in [0.25, 0.3) is 0 Å². The van der Waals surface area contributed by atoms with Gasteiger partial charge in [0.1, 0.15) is 0 Å². The summed E-state index contributed by atoms with van der Waals surface area (Å²) in [5.41, 5.74) is 1.41. The molecule has 0 aliphatic heterocycles. The zero-order valence-corrected chi connectivity index (χ0v) is 7.69. The summed E-state index contributed by atoms with van der Waals surface area (Å²) >= 11 is 0. The molecular formula is C11H15N2+. The predicted octanol–water partition coefficient (Wildman–Crippen LogP) is 1.51. The van der Waals surface area contributed by atoms with E-state index < -0.39 is 0 Å². The van der Waals surface area contributed by atoms with Crippen LogP contribution in [0.5, 0.6) is 0 Å². The van der Waals surface area contributed by atoms with Gasteiger partial charge in [-0.1, -0.05) is 16.8 Å². The van der Waals surface area contributed by atoms with E-state index in [1.54, 1.807) is 4.68 Å². The van der Waals surface area contributed by atoms with E-state index in [4.69, 9.17) is 5.84 Å². The van der Waals surface area contributed by atoms with Crippen molar-refractivity contribution in [3.8, 4) is 0 Å². The van der Waals surface area contributed by atoms with E-state index in [0.717, 1.165) is 0 Å². The second-order valence-electron chi connectivity index (χ2n) is 3.56. The molecule has 1 aliphatic carbocycles. The van der Waals surface area contributed by atoms with Crippen LogP contribution >= 0.6 is 0 Å². The highest BCUT2D eigenvalue weighted by Gasteiger charge is 2.12. The summed E-state index contributed by atoms with van der Waals surface area (Å²) in [5.74, 6) is 6.26. The molecule has 1 aromatic heterocycles. The Kier molecular flexibility index (Phi) is 2.30. The van der Waals surface area contributed by atoms with Crippen molar-refractivity contribution in [3.05, 3.63) is 42.2 Å². The highest BCUT2D eigenvalue weighted by molar-refractivity contribution is 5.16. The Labute approximate surface area is 78.7 Å². The molecule has 0 radical (unpaired) electrons. The van der Waals surface area contributed by atoms with Gasteiger partial charge in [0.15, 0.2) is 12.4 Å². The summed E-state index contributed by atoms with van der Waals surface area (Å²) in [7, 11) is 0. The first-order chi connectivity index (χ1) is 6.36. The second-order valence-corrected chi connectivity index (χ2v) is 3.56. The molecule has 68 valence electrons. The Morgan fingerprint density at radius 1 is 1.23 bits per heavy atom. The molecule has 1 aromatic rings. The number of nitrogen functional groups attached to an aromatic ring is 1. The zero-order chi connectivity index (χ0) is 9.10. The molecule has 2 N–H and O–H groups in total. The van der Waals surface area contributed by atoms with E-state index in [-0.39, 0.29) is 0 Å². The second kappa shape index (κ2) is 3.60. The molecule has 0 bridgehead atoms. The lowest BCUT2D eigenvalue weighted by Crippen LogP contribution is -2.43. The van der Waals surface area contributed by atoms with Crippen LogP contribution in [-0.4, -0.2) is 0 Å². The standard InChI is InChI=1S/C11H15N2/c12-13-8-6-11(7-9-13)10-4-2-1-3-5-10/h1-2,6-10H,3-5,12H2/q+1. The average molecular weight is 175 g/mol. The third-order valence-electron chi connectivity index (χ3n) is 2.62. The molecule has 1 atom stereocenters. The fourth-order valence-corrected chi connectivity index (χ4v) is 1.82. The highest BCUT2D eigenvalue weighted by atomic mass is 15.3. The molecular weight excluding hydrogens is 160 g/mol. The molecule has 2 rings (SSSR count). The quantitative estimate of drug-likeness (QED) is 0.391. The number of aromatic nitrogens is 1. The number of hydrogen-bond donors (Lipinski definition) is 1. The lowest BCUT2D eigenvalue weighted by Gasteiger charge is -2.16. The first-order valence-corrected chi connectivity index (χ1v) is 4.77. The fraction of sp³-hybridized carbons (Fsp3) is 0.364. The van der Waals surface area contributed by atoms with Gasteiger partial charge in [-0.25, -0.2) is 5.84 Å². The van der Waals surface area contributed by atoms with Gasteiger partial charge in [-0.15, -0.1) is 0 Å². The van der Waals surface area contributed by atoms with Gasteiger partial charge < -0.3 is 0 Å². The monoisotopic (exact) mass is 175 g/mol. The molecule has 0 saturated heterocycles. The van der Waals surface area contributed by atoms with Crippen molar-refractivity contribution in [1.29, 1.82) is 0 Å². The van der Waals surface area contributed by atoms with E-state index in [9.17, 15) is 0 Å². The molecule has 1 aliphatic rings. The Morgan fingerprint density at radius 3 is 2.62 bits per heavy atom. The minimum Gasteiger partial charge on any atom is -0.205 e. The van der Waals surface area contributed by atoms with Crippen LogP contribution in [0.2, 0.25) is 0 Å². The van der Waals surface area contributed by atoms with Crippen LogP contribution in [0.15, 0.2) is 36.7 Å². The summed E-state index contributed by atoms with van der Waals surface area (Å²) in [5, 5.41) is 0. The van der Waals surface area contributed by atoms with Gasteiger partial charge in [0.05, 0.1) is 0 Å². The molecule has 1 heterocycles. The van der Waals surface area contributed by atoms with E-state index in [0.29, 0.717) is 5.92 Å². The minimum atomic E-state index is 0.700. The third-order valence-corrected chi connectivity index (χ3v) is 2.62. The normalized spacial score (nSPS) is 21.7. The van der Waals surface area contributed by atoms with E-state index in [1.165, 1.54) is 24.8 Å². The zero-order valence-electron chi connectivity index (χ0n) is 7.69. The molecule has 2 nitrogen and oxygen atoms in total. The lowest BCUT2D eigenvalue weighted by atomic mass is 9.88. The highest BCUT2D eigenvalue weighted by Crippen LogP contribution is 2.27. The van der Waals surface area contributed by atoms with Crippen molar-refractivity contribution < 1.29 is 4.68 Å². The maximum Gasteiger partial charge on any atom is 0.199 e. The number of allylic oxidation sites excluding steroid dienone is 2. The Morgan fingerprint density at radius 2 is 2.00 bits per heavy atom. The number of hydrogen-bond acceptors (Lipinski definition) is 1. The van der Waals surface area contributed by atoms with E-state index in [1.807, 2.05) is 12.4 Å². The maximum atomic E-state index is 5.56. The van der Waals surface area contributed by atoms with Crippen molar-refractivity contribution in [2.75, 3.05) is 5.84 Å². The molecule has 0 spiro atoms. The van der Waals surface area contributed by atoms with Gasteiger partial charge in [-0.2, -0.15) is 0 Å². The number of rotatable bonds is 1. The van der Waals surface area contributed by atoms with Crippen molar-refractivity contribution in [2.45, 2.75) is 25.2 Å². The van der Waals surface area contributed by atoms with Gasteiger partial charge in [-0.05, 0) is 30.7 Å². The number of nitrogens with two attached hydrogens (primary N) is 1. The third kappa shape index (κ3) is 1.89. The Hall–Kier alpha value is -1.31. The molecule has 13 heavy (non-hydrogen) atoms. The van der Waals surface area contributed by atoms with Crippen molar-refractivity contribution >= 4 is 0 Å². The SMILES string of the molecule is N[n+]1ccc(C2CC=CCC2)cc1.